The minimum Gasteiger partial charge on any atom is -0.464 e. The Bertz CT molecular complexity index is 590. The van der Waals surface area contributed by atoms with Crippen LogP contribution in [0.3, 0.4) is 0 Å². The van der Waals surface area contributed by atoms with Crippen LogP contribution < -0.4 is 0 Å². The molecule has 1 aromatic carbocycles. The van der Waals surface area contributed by atoms with Gasteiger partial charge in [0.15, 0.2) is 5.78 Å². The first-order valence-corrected chi connectivity index (χ1v) is 6.57. The number of carbonyl (C=O) groups is 1. The zero-order valence-corrected chi connectivity index (χ0v) is 11.0. The molecule has 2 aromatic rings. The Morgan fingerprint density at radius 1 is 1.42 bits per heavy atom. The van der Waals surface area contributed by atoms with E-state index < -0.39 is 0 Å². The van der Waals surface area contributed by atoms with Gasteiger partial charge < -0.3 is 9.15 Å². The number of para-hydroxylation sites is 1. The van der Waals surface area contributed by atoms with E-state index in [4.69, 9.17) is 9.15 Å². The first-order valence-electron chi connectivity index (χ1n) is 6.57. The topological polar surface area (TPSA) is 42.7 Å². The Balaban J connectivity index is 1.80. The van der Waals surface area contributed by atoms with E-state index in [0.29, 0.717) is 25.3 Å². The van der Waals surface area contributed by atoms with Crippen molar-refractivity contribution in [1.82, 2.24) is 4.90 Å². The third kappa shape index (κ3) is 2.41. The van der Waals surface area contributed by atoms with Gasteiger partial charge in [0, 0.05) is 18.0 Å². The van der Waals surface area contributed by atoms with Gasteiger partial charge in [0.2, 0.25) is 0 Å². The van der Waals surface area contributed by atoms with Crippen molar-refractivity contribution >= 4 is 16.8 Å². The monoisotopic (exact) mass is 259 g/mol. The summed E-state index contributed by atoms with van der Waals surface area (Å²) in [6.07, 6.45) is 1.57. The van der Waals surface area contributed by atoms with Crippen LogP contribution in [-0.4, -0.2) is 43.0 Å². The molecule has 100 valence electrons. The highest BCUT2D eigenvalue weighted by molar-refractivity contribution is 6.08. The molecule has 1 saturated heterocycles. The lowest BCUT2D eigenvalue weighted by atomic mass is 10.1. The van der Waals surface area contributed by atoms with Gasteiger partial charge in [-0.3, -0.25) is 9.69 Å². The molecule has 1 aromatic heterocycles. The third-order valence-electron chi connectivity index (χ3n) is 3.63. The molecule has 1 fully saturated rings. The smallest absolute Gasteiger partial charge is 0.180 e. The molecule has 4 nitrogen and oxygen atoms in total. The fourth-order valence-corrected chi connectivity index (χ4v) is 2.46. The zero-order chi connectivity index (χ0) is 13.2. The summed E-state index contributed by atoms with van der Waals surface area (Å²) in [7, 11) is 0. The highest BCUT2D eigenvalue weighted by Gasteiger charge is 2.23. The van der Waals surface area contributed by atoms with Crippen LogP contribution in [-0.2, 0) is 4.74 Å². The number of furan rings is 1. The van der Waals surface area contributed by atoms with E-state index >= 15 is 0 Å². The minimum absolute atomic E-state index is 0.110. The predicted molar refractivity (Wildman–Crippen MR) is 72.4 cm³/mol. The second-order valence-corrected chi connectivity index (χ2v) is 4.96. The quantitative estimate of drug-likeness (QED) is 0.793. The second-order valence-electron chi connectivity index (χ2n) is 4.96. The number of Topliss-reactive ketones (excluding diaryl/α,β-unsaturated/α-hetero) is 1. The van der Waals surface area contributed by atoms with Crippen LogP contribution in [0.25, 0.3) is 11.0 Å². The van der Waals surface area contributed by atoms with Crippen LogP contribution in [0, 0.1) is 0 Å². The van der Waals surface area contributed by atoms with Crippen LogP contribution in [0.1, 0.15) is 17.3 Å². The van der Waals surface area contributed by atoms with Crippen molar-refractivity contribution in [2.24, 2.45) is 0 Å². The lowest BCUT2D eigenvalue weighted by Gasteiger charge is -2.32. The molecule has 2 heterocycles. The maximum absolute atomic E-state index is 12.4. The molecule has 0 amide bonds. The molecule has 0 spiro atoms. The van der Waals surface area contributed by atoms with Gasteiger partial charge in [-0.05, 0) is 13.0 Å². The molecular formula is C15H17NO3. The van der Waals surface area contributed by atoms with Gasteiger partial charge in [-0.2, -0.15) is 0 Å². The molecular weight excluding hydrogens is 242 g/mol. The average Bonchev–Trinajstić information content (AvgIpc) is 2.85. The van der Waals surface area contributed by atoms with Crippen LogP contribution in [0.4, 0.5) is 0 Å². The number of benzene rings is 1. The Labute approximate surface area is 111 Å². The summed E-state index contributed by atoms with van der Waals surface area (Å²) in [6.45, 7) is 4.71. The Kier molecular flexibility index (Phi) is 3.36. The normalized spacial score (nSPS) is 20.8. The van der Waals surface area contributed by atoms with E-state index in [1.807, 2.05) is 24.3 Å². The minimum atomic E-state index is 0.110. The summed E-state index contributed by atoms with van der Waals surface area (Å²) < 4.78 is 10.8. The van der Waals surface area contributed by atoms with Gasteiger partial charge in [0.05, 0.1) is 25.3 Å². The number of hydrogen-bond donors (Lipinski definition) is 0. The summed E-state index contributed by atoms with van der Waals surface area (Å²) in [5.41, 5.74) is 1.44. The number of morpholine rings is 1. The van der Waals surface area contributed by atoms with Crippen molar-refractivity contribution < 1.29 is 13.9 Å². The van der Waals surface area contributed by atoms with Crippen LogP contribution in [0.15, 0.2) is 34.9 Å². The van der Waals surface area contributed by atoms with Gasteiger partial charge in [-0.1, -0.05) is 18.2 Å². The van der Waals surface area contributed by atoms with Gasteiger partial charge in [0.1, 0.15) is 11.8 Å². The van der Waals surface area contributed by atoms with Crippen molar-refractivity contribution in [2.75, 3.05) is 26.3 Å². The van der Waals surface area contributed by atoms with Crippen molar-refractivity contribution in [3.8, 4) is 0 Å². The lowest BCUT2D eigenvalue weighted by molar-refractivity contribution is 0.00202. The molecule has 1 atom stereocenters. The summed E-state index contributed by atoms with van der Waals surface area (Å²) >= 11 is 0. The molecule has 0 N–H and O–H groups in total. The number of carbonyl (C=O) groups excluding carboxylic acids is 1. The van der Waals surface area contributed by atoms with Gasteiger partial charge in [-0.15, -0.1) is 0 Å². The van der Waals surface area contributed by atoms with E-state index in [0.717, 1.165) is 17.5 Å². The van der Waals surface area contributed by atoms with E-state index in [2.05, 4.69) is 11.8 Å². The summed E-state index contributed by atoms with van der Waals surface area (Å²) in [4.78, 5) is 14.6. The summed E-state index contributed by atoms with van der Waals surface area (Å²) in [5.74, 6) is 0.110. The van der Waals surface area contributed by atoms with Crippen molar-refractivity contribution in [2.45, 2.75) is 13.0 Å². The Morgan fingerprint density at radius 3 is 3.11 bits per heavy atom. The summed E-state index contributed by atoms with van der Waals surface area (Å²) in [6, 6.07) is 7.92. The predicted octanol–water partition coefficient (Wildman–Crippen LogP) is 2.34. The largest absolute Gasteiger partial charge is 0.464 e. The van der Waals surface area contributed by atoms with Gasteiger partial charge >= 0.3 is 0 Å². The Morgan fingerprint density at radius 2 is 2.26 bits per heavy atom. The van der Waals surface area contributed by atoms with Crippen LogP contribution in [0.2, 0.25) is 0 Å². The molecule has 19 heavy (non-hydrogen) atoms. The van der Waals surface area contributed by atoms with E-state index in [9.17, 15) is 4.79 Å². The molecule has 0 radical (unpaired) electrons. The molecule has 0 saturated carbocycles. The molecule has 3 rings (SSSR count). The summed E-state index contributed by atoms with van der Waals surface area (Å²) in [5, 5.41) is 0.897. The molecule has 1 aliphatic heterocycles. The van der Waals surface area contributed by atoms with Gasteiger partial charge in [-0.25, -0.2) is 0 Å². The first kappa shape index (κ1) is 12.4. The zero-order valence-electron chi connectivity index (χ0n) is 11.0. The highest BCUT2D eigenvalue weighted by atomic mass is 16.5. The van der Waals surface area contributed by atoms with Crippen molar-refractivity contribution in [3.63, 3.8) is 0 Å². The fraction of sp³-hybridized carbons (Fsp3) is 0.400. The number of ketones is 1. The highest BCUT2D eigenvalue weighted by Crippen LogP contribution is 2.21. The third-order valence-corrected chi connectivity index (χ3v) is 3.63. The number of fused-ring (bicyclic) bond motifs is 1. The molecule has 1 aliphatic rings. The van der Waals surface area contributed by atoms with Crippen molar-refractivity contribution in [3.05, 3.63) is 36.1 Å². The van der Waals surface area contributed by atoms with E-state index in [1.54, 1.807) is 6.26 Å². The number of ether oxygens (including phenoxy) is 1. The molecule has 4 heteroatoms. The number of rotatable bonds is 3. The van der Waals surface area contributed by atoms with E-state index in [-0.39, 0.29) is 11.8 Å². The standard InChI is InChI=1S/C15H17NO3/c1-11-9-18-7-6-16(11)8-14(17)13-10-19-15-5-3-2-4-12(13)15/h2-5,10-11H,6-9H2,1H3. The number of hydrogen-bond acceptors (Lipinski definition) is 4. The maximum Gasteiger partial charge on any atom is 0.180 e. The van der Waals surface area contributed by atoms with Crippen molar-refractivity contribution in [1.29, 1.82) is 0 Å². The average molecular weight is 259 g/mol. The van der Waals surface area contributed by atoms with Gasteiger partial charge in [0.25, 0.3) is 0 Å². The molecule has 0 aliphatic carbocycles. The second kappa shape index (κ2) is 5.15. The SMILES string of the molecule is CC1COCCN1CC(=O)c1coc2ccccc12. The molecule has 1 unspecified atom stereocenters. The van der Waals surface area contributed by atoms with Crippen LogP contribution in [0.5, 0.6) is 0 Å². The lowest BCUT2D eigenvalue weighted by Crippen LogP contribution is -2.45. The number of nitrogens with zero attached hydrogens (tertiary/aromatic N) is 1. The first-order chi connectivity index (χ1) is 9.25. The fourth-order valence-electron chi connectivity index (χ4n) is 2.46. The van der Waals surface area contributed by atoms with Crippen LogP contribution >= 0.6 is 0 Å². The molecule has 0 bridgehead atoms. The van der Waals surface area contributed by atoms with E-state index in [1.165, 1.54) is 0 Å². The Hall–Kier alpha value is -1.65. The maximum atomic E-state index is 12.4.